The number of ether oxygens (including phenoxy) is 1. The zero-order valence-electron chi connectivity index (χ0n) is 22.5. The quantitative estimate of drug-likeness (QED) is 0.501. The number of aliphatic hydroxyl groups is 1. The fraction of sp³-hybridized carbons (Fsp3) is 0.464. The standard InChI is InChI=1S/C28H39N3O5/c1-17(2)31(26(34)22(16-32)29-27(35)36-28(6,7)8)24(21-15-10-9-12-18(21)3)25(33)30-23-19(4)13-11-14-20(23)5/h9-15,17,22,24,32H,16H2,1-8H3,(H,29,35)(H,30,33). The molecule has 2 aromatic carbocycles. The first kappa shape index (κ1) is 28.8. The van der Waals surface area contributed by atoms with Gasteiger partial charge in [0.05, 0.1) is 6.61 Å². The van der Waals surface area contributed by atoms with Crippen LogP contribution in [-0.4, -0.2) is 52.2 Å². The number of anilines is 1. The van der Waals surface area contributed by atoms with Gasteiger partial charge in [-0.2, -0.15) is 0 Å². The highest BCUT2D eigenvalue weighted by Gasteiger charge is 2.38. The van der Waals surface area contributed by atoms with Crippen LogP contribution in [0.3, 0.4) is 0 Å². The van der Waals surface area contributed by atoms with Gasteiger partial charge >= 0.3 is 6.09 Å². The molecule has 36 heavy (non-hydrogen) atoms. The number of hydrogen-bond acceptors (Lipinski definition) is 5. The van der Waals surface area contributed by atoms with Gasteiger partial charge in [0.2, 0.25) is 5.91 Å². The first-order valence-corrected chi connectivity index (χ1v) is 12.1. The largest absolute Gasteiger partial charge is 0.444 e. The van der Waals surface area contributed by atoms with Crippen LogP contribution >= 0.6 is 0 Å². The summed E-state index contributed by atoms with van der Waals surface area (Å²) in [6.45, 7) is 13.7. The molecule has 3 N–H and O–H groups in total. The Kier molecular flexibility index (Phi) is 9.64. The Labute approximate surface area is 214 Å². The number of nitrogens with one attached hydrogen (secondary N) is 2. The molecule has 2 unspecified atom stereocenters. The second kappa shape index (κ2) is 12.0. The predicted octanol–water partition coefficient (Wildman–Crippen LogP) is 4.41. The van der Waals surface area contributed by atoms with Gasteiger partial charge in [0.25, 0.3) is 5.91 Å². The van der Waals surface area contributed by atoms with Crippen LogP contribution in [0.25, 0.3) is 0 Å². The summed E-state index contributed by atoms with van der Waals surface area (Å²) in [4.78, 5) is 41.4. The van der Waals surface area contributed by atoms with Gasteiger partial charge in [-0.05, 0) is 77.6 Å². The first-order valence-electron chi connectivity index (χ1n) is 12.1. The zero-order chi connectivity index (χ0) is 27.2. The predicted molar refractivity (Wildman–Crippen MR) is 141 cm³/mol. The molecule has 2 aromatic rings. The Hall–Kier alpha value is -3.39. The molecule has 0 bridgehead atoms. The van der Waals surface area contributed by atoms with E-state index in [2.05, 4.69) is 10.6 Å². The second-order valence-electron chi connectivity index (χ2n) is 10.2. The van der Waals surface area contributed by atoms with Gasteiger partial charge in [0, 0.05) is 11.7 Å². The average molecular weight is 498 g/mol. The van der Waals surface area contributed by atoms with Crippen LogP contribution in [0, 0.1) is 20.8 Å². The van der Waals surface area contributed by atoms with E-state index in [1.54, 1.807) is 34.6 Å². The summed E-state index contributed by atoms with van der Waals surface area (Å²) >= 11 is 0. The van der Waals surface area contributed by atoms with Gasteiger partial charge in [-0.15, -0.1) is 0 Å². The molecule has 0 spiro atoms. The molecule has 0 saturated carbocycles. The Bertz CT molecular complexity index is 1070. The van der Waals surface area contributed by atoms with E-state index in [-0.39, 0.29) is 0 Å². The van der Waals surface area contributed by atoms with Crippen molar-refractivity contribution < 1.29 is 24.2 Å². The Balaban J connectivity index is 2.52. The maximum Gasteiger partial charge on any atom is 0.408 e. The van der Waals surface area contributed by atoms with Crippen molar-refractivity contribution in [1.29, 1.82) is 0 Å². The monoisotopic (exact) mass is 497 g/mol. The molecule has 0 aromatic heterocycles. The van der Waals surface area contributed by atoms with Crippen LogP contribution < -0.4 is 10.6 Å². The molecule has 0 aliphatic rings. The average Bonchev–Trinajstić information content (AvgIpc) is 2.77. The Morgan fingerprint density at radius 1 is 0.944 bits per heavy atom. The summed E-state index contributed by atoms with van der Waals surface area (Å²) in [5.74, 6) is -0.985. The molecule has 0 heterocycles. The fourth-order valence-corrected chi connectivity index (χ4v) is 4.01. The van der Waals surface area contributed by atoms with Crippen molar-refractivity contribution in [3.63, 3.8) is 0 Å². The van der Waals surface area contributed by atoms with E-state index >= 15 is 0 Å². The van der Waals surface area contributed by atoms with Crippen molar-refractivity contribution in [2.75, 3.05) is 11.9 Å². The van der Waals surface area contributed by atoms with Crippen molar-refractivity contribution in [3.8, 4) is 0 Å². The summed E-state index contributed by atoms with van der Waals surface area (Å²) in [7, 11) is 0. The molecule has 0 fully saturated rings. The van der Waals surface area contributed by atoms with Crippen LogP contribution in [0.1, 0.15) is 62.9 Å². The van der Waals surface area contributed by atoms with Gasteiger partial charge < -0.3 is 25.4 Å². The van der Waals surface area contributed by atoms with E-state index in [1.165, 1.54) is 4.90 Å². The Morgan fingerprint density at radius 2 is 1.50 bits per heavy atom. The number of benzene rings is 2. The molecule has 8 heteroatoms. The van der Waals surface area contributed by atoms with Gasteiger partial charge in [0.1, 0.15) is 17.7 Å². The minimum atomic E-state index is -1.29. The maximum absolute atomic E-state index is 13.9. The Morgan fingerprint density at radius 3 is 2.00 bits per heavy atom. The number of carbonyl (C=O) groups is 3. The molecule has 0 aliphatic heterocycles. The number of rotatable bonds is 8. The summed E-state index contributed by atoms with van der Waals surface area (Å²) in [6, 6.07) is 10.4. The van der Waals surface area contributed by atoms with Crippen LogP contribution in [0.4, 0.5) is 10.5 Å². The van der Waals surface area contributed by atoms with E-state index in [4.69, 9.17) is 4.74 Å². The molecular formula is C28H39N3O5. The van der Waals surface area contributed by atoms with Crippen molar-refractivity contribution in [2.45, 2.75) is 79.1 Å². The van der Waals surface area contributed by atoms with E-state index in [0.29, 0.717) is 11.3 Å². The van der Waals surface area contributed by atoms with Crippen LogP contribution in [0.5, 0.6) is 0 Å². The van der Waals surface area contributed by atoms with Gasteiger partial charge in [-0.1, -0.05) is 42.5 Å². The lowest BCUT2D eigenvalue weighted by molar-refractivity contribution is -0.143. The molecule has 2 rings (SSSR count). The van der Waals surface area contributed by atoms with Gasteiger partial charge in [-0.3, -0.25) is 9.59 Å². The molecular weight excluding hydrogens is 458 g/mol. The number of para-hydroxylation sites is 1. The maximum atomic E-state index is 13.9. The smallest absolute Gasteiger partial charge is 0.408 e. The van der Waals surface area contributed by atoms with Crippen molar-refractivity contribution in [3.05, 3.63) is 64.7 Å². The SMILES string of the molecule is Cc1ccccc1C(C(=O)Nc1c(C)cccc1C)N(C(=O)C(CO)NC(=O)OC(C)(C)C)C(C)C. The number of nitrogens with zero attached hydrogens (tertiary/aromatic N) is 1. The third-order valence-electron chi connectivity index (χ3n) is 5.72. The van der Waals surface area contributed by atoms with Crippen LogP contribution in [0.2, 0.25) is 0 Å². The molecule has 3 amide bonds. The third kappa shape index (κ3) is 7.31. The highest BCUT2D eigenvalue weighted by atomic mass is 16.6. The number of amides is 3. The highest BCUT2D eigenvalue weighted by molar-refractivity contribution is 6.00. The fourth-order valence-electron chi connectivity index (χ4n) is 4.01. The third-order valence-corrected chi connectivity index (χ3v) is 5.72. The van der Waals surface area contributed by atoms with E-state index in [9.17, 15) is 19.5 Å². The summed E-state index contributed by atoms with van der Waals surface area (Å²) in [6.07, 6.45) is -0.828. The van der Waals surface area contributed by atoms with Crippen molar-refractivity contribution in [1.82, 2.24) is 10.2 Å². The lowest BCUT2D eigenvalue weighted by atomic mass is 9.96. The van der Waals surface area contributed by atoms with E-state index in [0.717, 1.165) is 16.7 Å². The normalized spacial score (nSPS) is 13.1. The molecule has 0 radical (unpaired) electrons. The molecule has 8 nitrogen and oxygen atoms in total. The number of aliphatic hydroxyl groups excluding tert-OH is 1. The minimum absolute atomic E-state index is 0.391. The zero-order valence-corrected chi connectivity index (χ0v) is 22.5. The van der Waals surface area contributed by atoms with Gasteiger partial charge in [0.15, 0.2) is 0 Å². The first-order chi connectivity index (χ1) is 16.8. The van der Waals surface area contributed by atoms with Crippen molar-refractivity contribution >= 4 is 23.6 Å². The molecule has 0 aliphatic carbocycles. The molecule has 2 atom stereocenters. The van der Waals surface area contributed by atoms with E-state index in [1.807, 2.05) is 63.2 Å². The van der Waals surface area contributed by atoms with Crippen LogP contribution in [-0.2, 0) is 14.3 Å². The summed E-state index contributed by atoms with van der Waals surface area (Å²) in [5.41, 5.74) is 3.18. The number of aryl methyl sites for hydroxylation is 3. The lowest BCUT2D eigenvalue weighted by Gasteiger charge is -2.37. The molecule has 0 saturated heterocycles. The number of hydrogen-bond donors (Lipinski definition) is 3. The van der Waals surface area contributed by atoms with Gasteiger partial charge in [-0.25, -0.2) is 4.79 Å². The second-order valence-corrected chi connectivity index (χ2v) is 10.2. The number of carbonyl (C=O) groups excluding carboxylic acids is 3. The molecule has 196 valence electrons. The topological polar surface area (TPSA) is 108 Å². The minimum Gasteiger partial charge on any atom is -0.444 e. The summed E-state index contributed by atoms with van der Waals surface area (Å²) < 4.78 is 5.27. The lowest BCUT2D eigenvalue weighted by Crippen LogP contribution is -2.55. The number of alkyl carbamates (subject to hydrolysis) is 1. The van der Waals surface area contributed by atoms with Crippen LogP contribution in [0.15, 0.2) is 42.5 Å². The summed E-state index contributed by atoms with van der Waals surface area (Å²) in [5, 5.41) is 15.5. The van der Waals surface area contributed by atoms with E-state index < -0.39 is 48.2 Å². The highest BCUT2D eigenvalue weighted by Crippen LogP contribution is 2.30. The van der Waals surface area contributed by atoms with Crippen molar-refractivity contribution in [2.24, 2.45) is 0 Å².